The van der Waals surface area contributed by atoms with E-state index in [1.165, 1.54) is 9.25 Å². The Kier molecular flexibility index (Phi) is 6.76. The van der Waals surface area contributed by atoms with Crippen molar-refractivity contribution < 1.29 is 4.79 Å². The van der Waals surface area contributed by atoms with Crippen molar-refractivity contribution >= 4 is 45.9 Å². The number of rotatable bonds is 7. The first-order valence-corrected chi connectivity index (χ1v) is 11.8. The van der Waals surface area contributed by atoms with Gasteiger partial charge in [0.05, 0.1) is 28.0 Å². The molecule has 1 amide bonds. The monoisotopic (exact) mass is 495 g/mol. The van der Waals surface area contributed by atoms with Gasteiger partial charge >= 0.3 is 0 Å². The summed E-state index contributed by atoms with van der Waals surface area (Å²) in [6.07, 6.45) is 1.59. The van der Waals surface area contributed by atoms with Crippen LogP contribution in [0, 0.1) is 6.92 Å². The second kappa shape index (κ2) is 9.74. The maximum Gasteiger partial charge on any atom is 0.295 e. The number of carbonyl (C=O) groups is 1. The molecule has 0 saturated heterocycles. The summed E-state index contributed by atoms with van der Waals surface area (Å²) in [6, 6.07) is 14.1. The molecule has 4 rings (SSSR count). The lowest BCUT2D eigenvalue weighted by Crippen LogP contribution is -2.25. The van der Waals surface area contributed by atoms with Gasteiger partial charge in [-0.25, -0.2) is 9.67 Å². The number of anilines is 1. The minimum absolute atomic E-state index is 0.0399. The third-order valence-electron chi connectivity index (χ3n) is 5.34. The lowest BCUT2D eigenvalue weighted by molar-refractivity contribution is -0.113. The summed E-state index contributed by atoms with van der Waals surface area (Å²) in [5.74, 6) is -0.423. The molecule has 0 aliphatic rings. The fourth-order valence-electron chi connectivity index (χ4n) is 3.59. The number of hydrogen-bond donors (Lipinski definition) is 1. The van der Waals surface area contributed by atoms with Crippen molar-refractivity contribution in [1.82, 2.24) is 18.9 Å². The van der Waals surface area contributed by atoms with Gasteiger partial charge in [-0.2, -0.15) is 0 Å². The molecule has 0 aliphatic carbocycles. The Hall–Kier alpha value is -3.56. The number of carbonyl (C=O) groups excluding carboxylic acids is 1. The van der Waals surface area contributed by atoms with E-state index in [9.17, 15) is 14.4 Å². The molecule has 0 aliphatic heterocycles. The van der Waals surface area contributed by atoms with Crippen LogP contribution in [0.2, 0.25) is 5.02 Å². The van der Waals surface area contributed by atoms with Gasteiger partial charge < -0.3 is 5.32 Å². The molecule has 0 radical (unpaired) electrons. The van der Waals surface area contributed by atoms with Crippen LogP contribution in [0.4, 0.5) is 5.69 Å². The molecule has 34 heavy (non-hydrogen) atoms. The Morgan fingerprint density at radius 1 is 1.18 bits per heavy atom. The summed E-state index contributed by atoms with van der Waals surface area (Å²) in [5.41, 5.74) is 1.43. The van der Waals surface area contributed by atoms with Crippen LogP contribution in [-0.4, -0.2) is 30.6 Å². The molecule has 10 heteroatoms. The number of hydrogen-bond acceptors (Lipinski definition) is 5. The number of thioether (sulfide) groups is 1. The van der Waals surface area contributed by atoms with Gasteiger partial charge in [-0.1, -0.05) is 47.6 Å². The third kappa shape index (κ3) is 4.44. The fourth-order valence-corrected chi connectivity index (χ4v) is 4.57. The lowest BCUT2D eigenvalue weighted by Gasteiger charge is -2.11. The number of fused-ring (bicyclic) bond motifs is 1. The molecule has 0 unspecified atom stereocenters. The van der Waals surface area contributed by atoms with Gasteiger partial charge in [0.25, 0.3) is 11.1 Å². The zero-order valence-electron chi connectivity index (χ0n) is 18.6. The molecule has 0 fully saturated rings. The van der Waals surface area contributed by atoms with Crippen LogP contribution in [0.3, 0.4) is 0 Å². The summed E-state index contributed by atoms with van der Waals surface area (Å²) in [5, 5.41) is 3.93. The van der Waals surface area contributed by atoms with Crippen LogP contribution in [-0.2, 0) is 18.4 Å². The van der Waals surface area contributed by atoms with Gasteiger partial charge in [-0.15, -0.1) is 6.58 Å². The van der Waals surface area contributed by atoms with Crippen molar-refractivity contribution in [2.75, 3.05) is 11.1 Å². The minimum atomic E-state index is -0.383. The summed E-state index contributed by atoms with van der Waals surface area (Å²) in [4.78, 5) is 43.3. The number of nitrogens with zero attached hydrogens (tertiary/aromatic N) is 4. The topological polar surface area (TPSA) is 90.9 Å². The van der Waals surface area contributed by atoms with E-state index in [0.29, 0.717) is 32.5 Å². The van der Waals surface area contributed by atoms with Crippen LogP contribution in [0.25, 0.3) is 16.6 Å². The number of halogens is 1. The Balaban J connectivity index is 1.59. The average molecular weight is 496 g/mol. The van der Waals surface area contributed by atoms with Gasteiger partial charge in [0.15, 0.2) is 5.16 Å². The largest absolute Gasteiger partial charge is 0.319 e. The fraction of sp³-hybridized carbons (Fsp3) is 0.167. The van der Waals surface area contributed by atoms with E-state index in [0.717, 1.165) is 11.8 Å². The van der Waals surface area contributed by atoms with Crippen molar-refractivity contribution in [2.45, 2.75) is 18.6 Å². The highest BCUT2D eigenvalue weighted by Gasteiger charge is 2.19. The normalized spacial score (nSPS) is 11.0. The molecule has 0 atom stereocenters. The average Bonchev–Trinajstić information content (AvgIpc) is 3.03. The van der Waals surface area contributed by atoms with Crippen LogP contribution >= 0.6 is 23.4 Å². The van der Waals surface area contributed by atoms with E-state index in [2.05, 4.69) is 16.9 Å². The van der Waals surface area contributed by atoms with Gasteiger partial charge in [0, 0.05) is 18.6 Å². The van der Waals surface area contributed by atoms with Crippen LogP contribution in [0.1, 0.15) is 5.69 Å². The van der Waals surface area contributed by atoms with Crippen molar-refractivity contribution in [1.29, 1.82) is 0 Å². The number of aromatic nitrogens is 4. The van der Waals surface area contributed by atoms with Crippen molar-refractivity contribution in [3.63, 3.8) is 0 Å². The maximum atomic E-state index is 13.0. The number of amides is 1. The van der Waals surface area contributed by atoms with E-state index < -0.39 is 0 Å². The molecular formula is C24H22ClN5O3S. The molecular weight excluding hydrogens is 474 g/mol. The summed E-state index contributed by atoms with van der Waals surface area (Å²) < 4.78 is 4.63. The Labute approximate surface area is 204 Å². The van der Waals surface area contributed by atoms with Gasteiger partial charge in [0.2, 0.25) is 5.91 Å². The zero-order chi connectivity index (χ0) is 24.4. The molecule has 174 valence electrons. The standard InChI is InChI=1S/C24H22ClN5O3S/c1-4-12-29-22(32)18-13-16(25)10-11-19(18)26-24(29)34-14-20(31)27-21-15(2)28(3)30(23(21)33)17-8-6-5-7-9-17/h4-11,13H,1,12,14H2,2-3H3,(H,27,31). The Morgan fingerprint density at radius 3 is 2.62 bits per heavy atom. The zero-order valence-corrected chi connectivity index (χ0v) is 20.2. The first-order valence-electron chi connectivity index (χ1n) is 10.4. The summed E-state index contributed by atoms with van der Waals surface area (Å²) >= 11 is 7.14. The molecule has 8 nitrogen and oxygen atoms in total. The van der Waals surface area contributed by atoms with Crippen LogP contribution < -0.4 is 16.4 Å². The third-order valence-corrected chi connectivity index (χ3v) is 6.56. The van der Waals surface area contributed by atoms with Gasteiger partial charge in [-0.05, 0) is 37.3 Å². The molecule has 4 aromatic rings. The second-order valence-corrected chi connectivity index (χ2v) is 8.91. The molecule has 2 aromatic heterocycles. The van der Waals surface area contributed by atoms with Gasteiger partial charge in [-0.3, -0.25) is 23.6 Å². The van der Waals surface area contributed by atoms with Crippen molar-refractivity contribution in [2.24, 2.45) is 7.05 Å². The van der Waals surface area contributed by atoms with Crippen molar-refractivity contribution in [3.8, 4) is 5.69 Å². The first kappa shape index (κ1) is 23.6. The van der Waals surface area contributed by atoms with Gasteiger partial charge in [0.1, 0.15) is 5.69 Å². The first-order chi connectivity index (χ1) is 16.3. The van der Waals surface area contributed by atoms with E-state index in [4.69, 9.17) is 11.6 Å². The van der Waals surface area contributed by atoms with E-state index >= 15 is 0 Å². The lowest BCUT2D eigenvalue weighted by atomic mass is 10.2. The highest BCUT2D eigenvalue weighted by atomic mass is 35.5. The number of nitrogens with one attached hydrogen (secondary N) is 1. The minimum Gasteiger partial charge on any atom is -0.319 e. The summed E-state index contributed by atoms with van der Waals surface area (Å²) in [7, 11) is 1.76. The van der Waals surface area contributed by atoms with Crippen molar-refractivity contribution in [3.05, 3.63) is 92.6 Å². The molecule has 2 heterocycles. The second-order valence-electron chi connectivity index (χ2n) is 7.53. The number of allylic oxidation sites excluding steroid dienone is 1. The van der Waals surface area contributed by atoms with E-state index in [1.54, 1.807) is 42.9 Å². The highest BCUT2D eigenvalue weighted by Crippen LogP contribution is 2.21. The smallest absolute Gasteiger partial charge is 0.295 e. The Morgan fingerprint density at radius 2 is 1.91 bits per heavy atom. The number of benzene rings is 2. The maximum absolute atomic E-state index is 13.0. The molecule has 0 spiro atoms. The quantitative estimate of drug-likeness (QED) is 0.239. The molecule has 0 saturated carbocycles. The van der Waals surface area contributed by atoms with E-state index in [-0.39, 0.29) is 35.0 Å². The molecule has 0 bridgehead atoms. The predicted octanol–water partition coefficient (Wildman–Crippen LogP) is 3.76. The predicted molar refractivity (Wildman–Crippen MR) is 136 cm³/mol. The SMILES string of the molecule is C=CCn1c(SCC(=O)Nc2c(C)n(C)n(-c3ccccc3)c2=O)nc2ccc(Cl)cc2c1=O. The van der Waals surface area contributed by atoms with Crippen LogP contribution in [0.5, 0.6) is 0 Å². The van der Waals surface area contributed by atoms with Crippen LogP contribution in [0.15, 0.2) is 75.9 Å². The summed E-state index contributed by atoms with van der Waals surface area (Å²) in [6.45, 7) is 5.70. The molecule has 2 aromatic carbocycles. The molecule has 1 N–H and O–H groups in total. The van der Waals surface area contributed by atoms with E-state index in [1.807, 2.05) is 30.3 Å². The highest BCUT2D eigenvalue weighted by molar-refractivity contribution is 7.99. The number of para-hydroxylation sites is 1. The Bertz CT molecular complexity index is 1520.